The maximum Gasteiger partial charge on any atom is 0.310 e. The van der Waals surface area contributed by atoms with Crippen LogP contribution in [0.25, 0.3) is 11.3 Å². The quantitative estimate of drug-likeness (QED) is 0.179. The maximum atomic E-state index is 13.4. The molecular formula is C25H24Cl2N4O4S. The molecule has 1 aliphatic rings. The molecule has 2 aromatic carbocycles. The van der Waals surface area contributed by atoms with Crippen LogP contribution in [0.15, 0.2) is 41.6 Å². The Morgan fingerprint density at radius 3 is 2.61 bits per heavy atom. The first kappa shape index (κ1) is 26.2. The van der Waals surface area contributed by atoms with E-state index in [1.54, 1.807) is 44.2 Å². The van der Waals surface area contributed by atoms with Gasteiger partial charge >= 0.3 is 5.97 Å². The molecule has 1 aromatic heterocycles. The molecule has 0 fully saturated rings. The number of aromatic nitrogens is 3. The van der Waals surface area contributed by atoms with Crippen molar-refractivity contribution in [2.24, 2.45) is 0 Å². The van der Waals surface area contributed by atoms with E-state index in [9.17, 15) is 14.7 Å². The molecule has 0 N–H and O–H groups in total. The number of rotatable bonds is 7. The van der Waals surface area contributed by atoms with Crippen molar-refractivity contribution in [2.75, 3.05) is 10.7 Å². The van der Waals surface area contributed by atoms with Crippen molar-refractivity contribution in [3.8, 4) is 22.9 Å². The summed E-state index contributed by atoms with van der Waals surface area (Å²) in [5, 5.41) is 18.7. The van der Waals surface area contributed by atoms with Gasteiger partial charge in [-0.25, -0.2) is 9.88 Å². The van der Waals surface area contributed by atoms with Crippen LogP contribution in [-0.4, -0.2) is 27.7 Å². The number of thioether (sulfide) groups is 1. The monoisotopic (exact) mass is 546 g/mol. The summed E-state index contributed by atoms with van der Waals surface area (Å²) in [7, 11) is 0. The number of nitrogens with zero attached hydrogens (tertiary/aromatic N) is 4. The molecule has 11 heteroatoms. The van der Waals surface area contributed by atoms with Gasteiger partial charge in [-0.3, -0.25) is 9.59 Å². The number of benzene rings is 2. The van der Waals surface area contributed by atoms with E-state index >= 15 is 0 Å². The average molecular weight is 547 g/mol. The number of esters is 1. The number of fused-ring (bicyclic) bond motifs is 3. The zero-order valence-electron chi connectivity index (χ0n) is 20.0. The van der Waals surface area contributed by atoms with Crippen molar-refractivity contribution < 1.29 is 24.1 Å². The summed E-state index contributed by atoms with van der Waals surface area (Å²) in [5.74, 6) is -0.465. The number of hydrogen-bond acceptors (Lipinski definition) is 7. The van der Waals surface area contributed by atoms with Gasteiger partial charge < -0.3 is 9.84 Å². The van der Waals surface area contributed by atoms with Gasteiger partial charge in [0.1, 0.15) is 0 Å². The van der Waals surface area contributed by atoms with Crippen LogP contribution in [0.1, 0.15) is 51.8 Å². The van der Waals surface area contributed by atoms with Crippen molar-refractivity contribution in [1.82, 2.24) is 10.1 Å². The van der Waals surface area contributed by atoms with Gasteiger partial charge in [-0.15, -0.1) is 0 Å². The Hall–Kier alpha value is -2.88. The molecule has 0 saturated carbocycles. The Morgan fingerprint density at radius 2 is 1.92 bits per heavy atom. The first-order valence-corrected chi connectivity index (χ1v) is 13.3. The van der Waals surface area contributed by atoms with E-state index in [1.807, 2.05) is 6.92 Å². The predicted molar refractivity (Wildman–Crippen MR) is 136 cm³/mol. The smallest absolute Gasteiger partial charge is 0.310 e. The van der Waals surface area contributed by atoms with E-state index in [1.165, 1.54) is 27.4 Å². The van der Waals surface area contributed by atoms with Crippen LogP contribution in [0.3, 0.4) is 0 Å². The van der Waals surface area contributed by atoms with Gasteiger partial charge in [-0.1, -0.05) is 72.5 Å². The molecule has 4 rings (SSSR count). The fourth-order valence-corrected chi connectivity index (χ4v) is 5.20. The zero-order chi connectivity index (χ0) is 26.0. The summed E-state index contributed by atoms with van der Waals surface area (Å²) in [6, 6.07) is 10.1. The summed E-state index contributed by atoms with van der Waals surface area (Å²) < 4.78 is 7.08. The van der Waals surface area contributed by atoms with Gasteiger partial charge in [0.05, 0.1) is 27.7 Å². The molecule has 1 aliphatic heterocycles. The number of para-hydroxylation sites is 1. The minimum atomic E-state index is -1.00. The lowest BCUT2D eigenvalue weighted by Crippen LogP contribution is -2.59. The van der Waals surface area contributed by atoms with Crippen molar-refractivity contribution in [2.45, 2.75) is 51.4 Å². The third-order valence-electron chi connectivity index (χ3n) is 5.54. The number of carbonyl (C=O) groups excluding carboxylic acids is 2. The molecule has 1 unspecified atom stereocenters. The van der Waals surface area contributed by atoms with Crippen molar-refractivity contribution in [1.29, 1.82) is 0 Å². The number of anilines is 1. The summed E-state index contributed by atoms with van der Waals surface area (Å²) in [6.45, 7) is 5.42. The van der Waals surface area contributed by atoms with E-state index in [0.29, 0.717) is 22.6 Å². The number of carbonyl (C=O) groups is 2. The highest BCUT2D eigenvalue weighted by atomic mass is 35.5. The Kier molecular flexibility index (Phi) is 8.02. The molecule has 2 heterocycles. The average Bonchev–Trinajstić information content (AvgIpc) is 2.87. The molecule has 188 valence electrons. The molecule has 0 saturated heterocycles. The number of halogens is 2. The van der Waals surface area contributed by atoms with Gasteiger partial charge in [-0.05, 0) is 30.7 Å². The van der Waals surface area contributed by atoms with Gasteiger partial charge in [0.15, 0.2) is 5.75 Å². The molecule has 0 spiro atoms. The van der Waals surface area contributed by atoms with Gasteiger partial charge in [0, 0.05) is 28.7 Å². The van der Waals surface area contributed by atoms with Gasteiger partial charge in [-0.2, -0.15) is 0 Å². The Morgan fingerprint density at radius 1 is 1.17 bits per heavy atom. The highest BCUT2D eigenvalue weighted by Crippen LogP contribution is 2.45. The van der Waals surface area contributed by atoms with Crippen LogP contribution >= 0.6 is 35.0 Å². The molecule has 3 aromatic rings. The van der Waals surface area contributed by atoms with E-state index in [4.69, 9.17) is 27.9 Å². The molecule has 0 radical (unpaired) electrons. The zero-order valence-corrected chi connectivity index (χ0v) is 22.3. The van der Waals surface area contributed by atoms with Crippen molar-refractivity contribution in [3.05, 3.63) is 52.0 Å². The number of hydrogen-bond donors (Lipinski definition) is 0. The van der Waals surface area contributed by atoms with Crippen LogP contribution < -0.4 is 19.4 Å². The molecule has 1 atom stereocenters. The van der Waals surface area contributed by atoms with Gasteiger partial charge in [0.25, 0.3) is 17.0 Å². The largest absolute Gasteiger partial charge is 0.854 e. The summed E-state index contributed by atoms with van der Waals surface area (Å²) in [5.41, 5.74) is 1.56. The first-order valence-electron chi connectivity index (χ1n) is 11.5. The van der Waals surface area contributed by atoms with E-state index in [-0.39, 0.29) is 45.4 Å². The maximum absolute atomic E-state index is 13.4. The lowest BCUT2D eigenvalue weighted by Gasteiger charge is -2.34. The number of ether oxygens (including phenoxy) is 1. The highest BCUT2D eigenvalue weighted by Gasteiger charge is 2.46. The van der Waals surface area contributed by atoms with Crippen LogP contribution in [0.4, 0.5) is 5.69 Å². The normalized spacial score (nSPS) is 14.2. The van der Waals surface area contributed by atoms with Crippen LogP contribution in [-0.2, 0) is 9.59 Å². The third-order valence-corrected chi connectivity index (χ3v) is 7.09. The summed E-state index contributed by atoms with van der Waals surface area (Å²) >= 11 is 14.2. The van der Waals surface area contributed by atoms with Crippen molar-refractivity contribution >= 4 is 52.5 Å². The fourth-order valence-electron chi connectivity index (χ4n) is 3.98. The Bertz CT molecular complexity index is 1340. The first-order chi connectivity index (χ1) is 17.3. The molecule has 8 nitrogen and oxygen atoms in total. The topological polar surface area (TPSA) is 99.3 Å². The van der Waals surface area contributed by atoms with Crippen molar-refractivity contribution in [3.63, 3.8) is 0 Å². The lowest BCUT2D eigenvalue weighted by molar-refractivity contribution is -0.764. The predicted octanol–water partition coefficient (Wildman–Crippen LogP) is 4.93. The van der Waals surface area contributed by atoms with E-state index in [2.05, 4.69) is 10.1 Å². The SMILES string of the molecule is CCCSc1nc([O-])c2[n+](n1)C(c1cc(Cl)cc(Cl)c1OC(=O)CC)N(C(=O)CC)c1ccccc1-2. The summed E-state index contributed by atoms with van der Waals surface area (Å²) in [6.07, 6.45) is 0.136. The summed E-state index contributed by atoms with van der Waals surface area (Å²) in [4.78, 5) is 31.5. The molecule has 0 bridgehead atoms. The van der Waals surface area contributed by atoms with Crippen LogP contribution in [0.2, 0.25) is 10.0 Å². The second-order valence-electron chi connectivity index (χ2n) is 7.98. The molecule has 0 aliphatic carbocycles. The van der Waals surface area contributed by atoms with E-state index < -0.39 is 18.0 Å². The standard InChI is InChI=1S/C25H24Cl2N4O4S/c1-4-11-36-25-28-23(34)21-15-9-7-8-10-18(15)30(19(32)5-2)24(31(21)29-25)16-12-14(26)13-17(27)22(16)35-20(33)6-3/h7-10,12-13,24H,4-6,11H2,1-3H3. The molecule has 1 amide bonds. The van der Waals surface area contributed by atoms with Gasteiger partial charge in [0.2, 0.25) is 5.91 Å². The third kappa shape index (κ3) is 4.87. The highest BCUT2D eigenvalue weighted by molar-refractivity contribution is 7.99. The molecule has 36 heavy (non-hydrogen) atoms. The minimum absolute atomic E-state index is 0.0541. The fraction of sp³-hybridized carbons (Fsp3) is 0.320. The second kappa shape index (κ2) is 11.0. The number of amides is 1. The Balaban J connectivity index is 2.08. The Labute approximate surface area is 223 Å². The van der Waals surface area contributed by atoms with Crippen LogP contribution in [0, 0.1) is 0 Å². The van der Waals surface area contributed by atoms with Crippen LogP contribution in [0.5, 0.6) is 11.6 Å². The second-order valence-corrected chi connectivity index (χ2v) is 9.89. The minimum Gasteiger partial charge on any atom is -0.854 e. The lowest BCUT2D eigenvalue weighted by atomic mass is 10.00. The molecular weight excluding hydrogens is 523 g/mol. The van der Waals surface area contributed by atoms with E-state index in [0.717, 1.165) is 6.42 Å².